The van der Waals surface area contributed by atoms with Crippen LogP contribution in [0.4, 0.5) is 0 Å². The average molecular weight is 266 g/mol. The Balaban J connectivity index is 4.62. The van der Waals surface area contributed by atoms with Crippen molar-refractivity contribution in [2.45, 2.75) is 25.8 Å². The van der Waals surface area contributed by atoms with Crippen LogP contribution in [0.25, 0.3) is 0 Å². The number of carbonyl (C=O) groups excluding carboxylic acids is 1. The molecule has 100 valence electrons. The number of likely N-dealkylation sites (N-methyl/N-ethyl adjacent to an activating group) is 1. The Bertz CT molecular complexity index is 402. The van der Waals surface area contributed by atoms with E-state index in [2.05, 4.69) is 4.72 Å². The lowest BCUT2D eigenvalue weighted by Crippen LogP contribution is -2.54. The van der Waals surface area contributed by atoms with E-state index >= 15 is 0 Å². The Morgan fingerprint density at radius 3 is 2.18 bits per heavy atom. The van der Waals surface area contributed by atoms with Gasteiger partial charge in [0.2, 0.25) is 15.9 Å². The van der Waals surface area contributed by atoms with E-state index in [1.165, 1.54) is 25.8 Å². The molecule has 0 unspecified atom stereocenters. The van der Waals surface area contributed by atoms with Crippen LogP contribution in [-0.2, 0) is 19.6 Å². The highest BCUT2D eigenvalue weighted by Gasteiger charge is 2.33. The van der Waals surface area contributed by atoms with Crippen LogP contribution < -0.4 is 4.72 Å². The van der Waals surface area contributed by atoms with Crippen LogP contribution in [0.1, 0.15) is 20.3 Å². The summed E-state index contributed by atoms with van der Waals surface area (Å²) in [6.07, 6.45) is 0.774. The number of carboxylic acids is 1. The first kappa shape index (κ1) is 15.9. The lowest BCUT2D eigenvalue weighted by molar-refractivity contribution is -0.139. The van der Waals surface area contributed by atoms with E-state index in [-0.39, 0.29) is 13.0 Å². The monoisotopic (exact) mass is 266 g/mol. The van der Waals surface area contributed by atoms with Gasteiger partial charge in [-0.05, 0) is 13.8 Å². The van der Waals surface area contributed by atoms with Crippen LogP contribution in [0.2, 0.25) is 0 Å². The minimum Gasteiger partial charge on any atom is -0.481 e. The quantitative estimate of drug-likeness (QED) is 0.658. The van der Waals surface area contributed by atoms with E-state index in [0.717, 1.165) is 6.26 Å². The molecule has 0 aromatic heterocycles. The highest BCUT2D eigenvalue weighted by molar-refractivity contribution is 7.88. The molecule has 7 nitrogen and oxygen atoms in total. The van der Waals surface area contributed by atoms with Gasteiger partial charge >= 0.3 is 5.97 Å². The Hall–Kier alpha value is -1.15. The van der Waals surface area contributed by atoms with Crippen molar-refractivity contribution in [3.63, 3.8) is 0 Å². The number of amides is 1. The van der Waals surface area contributed by atoms with Crippen molar-refractivity contribution in [1.29, 1.82) is 0 Å². The zero-order chi connectivity index (χ0) is 13.9. The van der Waals surface area contributed by atoms with Crippen LogP contribution in [0.3, 0.4) is 0 Å². The predicted molar refractivity (Wildman–Crippen MR) is 61.9 cm³/mol. The second kappa shape index (κ2) is 5.46. The number of nitrogens with one attached hydrogen (secondary N) is 1. The number of nitrogens with zero attached hydrogens (tertiary/aromatic N) is 1. The van der Waals surface area contributed by atoms with Gasteiger partial charge in [-0.2, -0.15) is 0 Å². The lowest BCUT2D eigenvalue weighted by Gasteiger charge is -2.29. The van der Waals surface area contributed by atoms with E-state index in [1.807, 2.05) is 0 Å². The number of rotatable bonds is 6. The SMILES string of the molecule is CN(CCC(=O)O)C(=O)C(C)(C)NS(C)(=O)=O. The second-order valence-electron chi connectivity index (χ2n) is 4.37. The molecule has 0 aliphatic heterocycles. The number of aliphatic carboxylic acids is 1. The van der Waals surface area contributed by atoms with E-state index in [1.54, 1.807) is 0 Å². The number of carboxylic acid groups (broad SMARTS) is 1. The van der Waals surface area contributed by atoms with Crippen LogP contribution in [0.5, 0.6) is 0 Å². The molecule has 0 saturated carbocycles. The van der Waals surface area contributed by atoms with Crippen molar-refractivity contribution < 1.29 is 23.1 Å². The molecule has 0 fully saturated rings. The standard InChI is InChI=1S/C9H18N2O5S/c1-9(2,10-17(4,15)16)8(14)11(3)6-5-7(12)13/h10H,5-6H2,1-4H3,(H,12,13). The van der Waals surface area contributed by atoms with Crippen molar-refractivity contribution in [2.24, 2.45) is 0 Å². The molecule has 0 atom stereocenters. The third kappa shape index (κ3) is 6.22. The maximum atomic E-state index is 11.9. The molecule has 0 aromatic rings. The summed E-state index contributed by atoms with van der Waals surface area (Å²) in [5.41, 5.74) is -1.29. The predicted octanol–water partition coefficient (Wildman–Crippen LogP) is -0.753. The van der Waals surface area contributed by atoms with E-state index in [0.29, 0.717) is 0 Å². The molecule has 8 heteroatoms. The van der Waals surface area contributed by atoms with Gasteiger partial charge in [0.25, 0.3) is 0 Å². The Labute approximate surface area is 101 Å². The Morgan fingerprint density at radius 2 is 1.82 bits per heavy atom. The molecule has 0 spiro atoms. The summed E-state index contributed by atoms with van der Waals surface area (Å²) in [6, 6.07) is 0. The van der Waals surface area contributed by atoms with Gasteiger partial charge in [0, 0.05) is 13.6 Å². The van der Waals surface area contributed by atoms with Gasteiger partial charge in [0.1, 0.15) is 5.54 Å². The fraction of sp³-hybridized carbons (Fsp3) is 0.778. The van der Waals surface area contributed by atoms with E-state index < -0.39 is 27.4 Å². The van der Waals surface area contributed by atoms with Crippen LogP contribution in [0.15, 0.2) is 0 Å². The summed E-state index contributed by atoms with van der Waals surface area (Å²) in [6.45, 7) is 2.88. The summed E-state index contributed by atoms with van der Waals surface area (Å²) in [5, 5.41) is 8.48. The van der Waals surface area contributed by atoms with Crippen molar-refractivity contribution in [1.82, 2.24) is 9.62 Å². The number of hydrogen-bond donors (Lipinski definition) is 2. The largest absolute Gasteiger partial charge is 0.481 e. The molecule has 0 saturated heterocycles. The Kier molecular flexibility index (Phi) is 5.09. The highest BCUT2D eigenvalue weighted by atomic mass is 32.2. The second-order valence-corrected chi connectivity index (χ2v) is 6.12. The first-order valence-corrected chi connectivity index (χ1v) is 6.81. The van der Waals surface area contributed by atoms with Gasteiger partial charge in [-0.25, -0.2) is 13.1 Å². The molecule has 2 N–H and O–H groups in total. The van der Waals surface area contributed by atoms with Crippen molar-refractivity contribution in [3.8, 4) is 0 Å². The topological polar surface area (TPSA) is 104 Å². The normalized spacial score (nSPS) is 12.2. The van der Waals surface area contributed by atoms with Crippen LogP contribution >= 0.6 is 0 Å². The molecule has 0 aliphatic rings. The minimum absolute atomic E-state index is 0.0308. The number of carbonyl (C=O) groups is 2. The van der Waals surface area contributed by atoms with Crippen LogP contribution in [0, 0.1) is 0 Å². The van der Waals surface area contributed by atoms with Gasteiger partial charge in [-0.3, -0.25) is 9.59 Å². The molecule has 1 amide bonds. The molecular weight excluding hydrogens is 248 g/mol. The van der Waals surface area contributed by atoms with Gasteiger partial charge < -0.3 is 10.0 Å². The Morgan fingerprint density at radius 1 is 1.35 bits per heavy atom. The summed E-state index contributed by atoms with van der Waals surface area (Å²) in [5.74, 6) is -1.50. The van der Waals surface area contributed by atoms with Crippen molar-refractivity contribution in [3.05, 3.63) is 0 Å². The average Bonchev–Trinajstić information content (AvgIpc) is 2.08. The van der Waals surface area contributed by atoms with Gasteiger partial charge in [-0.1, -0.05) is 0 Å². The van der Waals surface area contributed by atoms with Gasteiger partial charge in [0.15, 0.2) is 0 Å². The fourth-order valence-corrected chi connectivity index (χ4v) is 2.36. The summed E-state index contributed by atoms with van der Waals surface area (Å²) in [7, 11) is -2.08. The fourth-order valence-electron chi connectivity index (χ4n) is 1.35. The third-order valence-electron chi connectivity index (χ3n) is 1.98. The van der Waals surface area contributed by atoms with Gasteiger partial charge in [-0.15, -0.1) is 0 Å². The number of hydrogen-bond acceptors (Lipinski definition) is 4. The molecule has 0 radical (unpaired) electrons. The molecule has 17 heavy (non-hydrogen) atoms. The lowest BCUT2D eigenvalue weighted by atomic mass is 10.1. The van der Waals surface area contributed by atoms with E-state index in [4.69, 9.17) is 5.11 Å². The first-order valence-electron chi connectivity index (χ1n) is 4.92. The minimum atomic E-state index is -3.51. The third-order valence-corrected chi connectivity index (χ3v) is 2.86. The van der Waals surface area contributed by atoms with Crippen LogP contribution in [-0.4, -0.2) is 55.7 Å². The molecular formula is C9H18N2O5S. The molecule has 0 heterocycles. The summed E-state index contributed by atoms with van der Waals surface area (Å²) >= 11 is 0. The summed E-state index contributed by atoms with van der Waals surface area (Å²) < 4.78 is 24.3. The number of sulfonamides is 1. The summed E-state index contributed by atoms with van der Waals surface area (Å²) in [4.78, 5) is 23.4. The van der Waals surface area contributed by atoms with Crippen molar-refractivity contribution in [2.75, 3.05) is 19.8 Å². The van der Waals surface area contributed by atoms with Gasteiger partial charge in [0.05, 0.1) is 12.7 Å². The first-order chi connectivity index (χ1) is 7.46. The smallest absolute Gasteiger partial charge is 0.305 e. The molecule has 0 aliphatic carbocycles. The van der Waals surface area contributed by atoms with E-state index in [9.17, 15) is 18.0 Å². The highest BCUT2D eigenvalue weighted by Crippen LogP contribution is 2.08. The molecule has 0 rings (SSSR count). The maximum Gasteiger partial charge on any atom is 0.305 e. The molecule has 0 bridgehead atoms. The molecule has 0 aromatic carbocycles. The maximum absolute atomic E-state index is 11.9. The zero-order valence-corrected chi connectivity index (χ0v) is 11.2. The van der Waals surface area contributed by atoms with Crippen molar-refractivity contribution >= 4 is 21.9 Å². The zero-order valence-electron chi connectivity index (χ0n) is 10.3.